The summed E-state index contributed by atoms with van der Waals surface area (Å²) in [6, 6.07) is 4.79. The Balaban J connectivity index is 1.78. The second kappa shape index (κ2) is 4.74. The Morgan fingerprint density at radius 3 is 3.00 bits per heavy atom. The zero-order chi connectivity index (χ0) is 13.4. The lowest BCUT2D eigenvalue weighted by Gasteiger charge is -2.04. The number of halogens is 1. The van der Waals surface area contributed by atoms with E-state index in [1.165, 1.54) is 30.2 Å². The molecule has 19 heavy (non-hydrogen) atoms. The minimum atomic E-state index is -0.473. The molecule has 1 amide bonds. The average Bonchev–Trinajstić information content (AvgIpc) is 3.14. The standard InChI is InChI=1S/C14H13FN2OS/c1-8-3-2-4-10(12(8)15)13(18)17-14-16-11(7-19-14)9-5-6-9/h2-4,7,9H,5-6H2,1H3,(H,16,17,18). The van der Waals surface area contributed by atoms with Gasteiger partial charge in [0.15, 0.2) is 5.13 Å². The summed E-state index contributed by atoms with van der Waals surface area (Å²) in [6.07, 6.45) is 2.34. The van der Waals surface area contributed by atoms with Crippen LogP contribution in [0.5, 0.6) is 0 Å². The van der Waals surface area contributed by atoms with E-state index in [9.17, 15) is 9.18 Å². The van der Waals surface area contributed by atoms with E-state index in [0.29, 0.717) is 16.6 Å². The normalized spacial score (nSPS) is 14.4. The van der Waals surface area contributed by atoms with Crippen molar-refractivity contribution in [1.82, 2.24) is 4.98 Å². The van der Waals surface area contributed by atoms with Gasteiger partial charge in [-0.25, -0.2) is 9.37 Å². The molecule has 0 saturated heterocycles. The molecule has 1 aromatic heterocycles. The van der Waals surface area contributed by atoms with Gasteiger partial charge >= 0.3 is 0 Å². The number of thiazole rings is 1. The highest BCUT2D eigenvalue weighted by molar-refractivity contribution is 7.14. The van der Waals surface area contributed by atoms with E-state index in [1.54, 1.807) is 19.1 Å². The molecule has 1 aromatic carbocycles. The zero-order valence-electron chi connectivity index (χ0n) is 10.4. The quantitative estimate of drug-likeness (QED) is 0.928. The number of carbonyl (C=O) groups is 1. The summed E-state index contributed by atoms with van der Waals surface area (Å²) in [5.41, 5.74) is 1.55. The van der Waals surface area contributed by atoms with Gasteiger partial charge in [0.25, 0.3) is 5.91 Å². The van der Waals surface area contributed by atoms with Crippen LogP contribution >= 0.6 is 11.3 Å². The van der Waals surface area contributed by atoms with Gasteiger partial charge in [0.1, 0.15) is 5.82 Å². The number of rotatable bonds is 3. The highest BCUT2D eigenvalue weighted by Gasteiger charge is 2.26. The Hall–Kier alpha value is -1.75. The lowest BCUT2D eigenvalue weighted by Crippen LogP contribution is -2.14. The third-order valence-electron chi connectivity index (χ3n) is 3.17. The van der Waals surface area contributed by atoms with E-state index in [4.69, 9.17) is 0 Å². The number of benzene rings is 1. The number of aromatic nitrogens is 1. The van der Waals surface area contributed by atoms with E-state index in [0.717, 1.165) is 5.69 Å². The second-order valence-electron chi connectivity index (χ2n) is 4.74. The average molecular weight is 276 g/mol. The molecule has 2 aromatic rings. The molecule has 1 aliphatic carbocycles. The van der Waals surface area contributed by atoms with Crippen LogP contribution in [0.25, 0.3) is 0 Å². The summed E-state index contributed by atoms with van der Waals surface area (Å²) in [7, 11) is 0. The fraction of sp³-hybridized carbons (Fsp3) is 0.286. The fourth-order valence-electron chi connectivity index (χ4n) is 1.90. The van der Waals surface area contributed by atoms with Crippen LogP contribution in [0.4, 0.5) is 9.52 Å². The van der Waals surface area contributed by atoms with Crippen LogP contribution in [-0.2, 0) is 0 Å². The van der Waals surface area contributed by atoms with Crippen LogP contribution in [0, 0.1) is 12.7 Å². The molecule has 1 N–H and O–H groups in total. The second-order valence-corrected chi connectivity index (χ2v) is 5.60. The number of hydrogen-bond donors (Lipinski definition) is 1. The van der Waals surface area contributed by atoms with Gasteiger partial charge in [-0.2, -0.15) is 0 Å². The Kier molecular flexibility index (Phi) is 3.06. The van der Waals surface area contributed by atoms with Crippen LogP contribution in [0.3, 0.4) is 0 Å². The maximum atomic E-state index is 13.8. The SMILES string of the molecule is Cc1cccc(C(=O)Nc2nc(C3CC3)cs2)c1F. The number of aryl methyl sites for hydroxylation is 1. The topological polar surface area (TPSA) is 42.0 Å². The summed E-state index contributed by atoms with van der Waals surface area (Å²) in [6.45, 7) is 1.64. The molecule has 1 fully saturated rings. The van der Waals surface area contributed by atoms with Gasteiger partial charge in [-0.1, -0.05) is 12.1 Å². The number of anilines is 1. The van der Waals surface area contributed by atoms with Crippen molar-refractivity contribution in [2.75, 3.05) is 5.32 Å². The molecule has 0 spiro atoms. The fourth-order valence-corrected chi connectivity index (χ4v) is 2.68. The Morgan fingerprint density at radius 1 is 1.47 bits per heavy atom. The van der Waals surface area contributed by atoms with E-state index in [1.807, 2.05) is 5.38 Å². The van der Waals surface area contributed by atoms with Crippen molar-refractivity contribution < 1.29 is 9.18 Å². The van der Waals surface area contributed by atoms with Crippen LogP contribution < -0.4 is 5.32 Å². The van der Waals surface area contributed by atoms with Crippen molar-refractivity contribution in [3.63, 3.8) is 0 Å². The van der Waals surface area contributed by atoms with Gasteiger partial charge in [-0.05, 0) is 31.4 Å². The van der Waals surface area contributed by atoms with Crippen molar-refractivity contribution in [2.24, 2.45) is 0 Å². The molecule has 0 atom stereocenters. The zero-order valence-corrected chi connectivity index (χ0v) is 11.3. The summed E-state index contributed by atoms with van der Waals surface area (Å²) < 4.78 is 13.8. The van der Waals surface area contributed by atoms with Gasteiger partial charge in [-0.15, -0.1) is 11.3 Å². The molecule has 0 unspecified atom stereocenters. The van der Waals surface area contributed by atoms with Crippen molar-refractivity contribution in [3.05, 3.63) is 46.2 Å². The van der Waals surface area contributed by atoms with Crippen molar-refractivity contribution >= 4 is 22.4 Å². The summed E-state index contributed by atoms with van der Waals surface area (Å²) in [5, 5.41) is 5.15. The lowest BCUT2D eigenvalue weighted by molar-refractivity contribution is 0.102. The van der Waals surface area contributed by atoms with Gasteiger partial charge in [-0.3, -0.25) is 10.1 Å². The van der Waals surface area contributed by atoms with E-state index in [2.05, 4.69) is 10.3 Å². The molecule has 0 bridgehead atoms. The summed E-state index contributed by atoms with van der Waals surface area (Å²) in [5.74, 6) is -0.366. The molecule has 1 saturated carbocycles. The van der Waals surface area contributed by atoms with E-state index >= 15 is 0 Å². The van der Waals surface area contributed by atoms with Crippen LogP contribution in [0.2, 0.25) is 0 Å². The van der Waals surface area contributed by atoms with Gasteiger partial charge in [0.05, 0.1) is 11.3 Å². The Labute approximate surface area is 114 Å². The molecule has 1 aliphatic rings. The molecule has 1 heterocycles. The highest BCUT2D eigenvalue weighted by Crippen LogP contribution is 2.40. The summed E-state index contributed by atoms with van der Waals surface area (Å²) >= 11 is 1.39. The van der Waals surface area contributed by atoms with E-state index in [-0.39, 0.29) is 5.56 Å². The van der Waals surface area contributed by atoms with Gasteiger partial charge in [0, 0.05) is 11.3 Å². The van der Waals surface area contributed by atoms with Gasteiger partial charge < -0.3 is 0 Å². The first-order chi connectivity index (χ1) is 9.15. The van der Waals surface area contributed by atoms with Crippen molar-refractivity contribution in [2.45, 2.75) is 25.7 Å². The molecule has 0 radical (unpaired) electrons. The summed E-state index contributed by atoms with van der Waals surface area (Å²) in [4.78, 5) is 16.4. The minimum Gasteiger partial charge on any atom is -0.298 e. The highest BCUT2D eigenvalue weighted by atomic mass is 32.1. The number of nitrogens with one attached hydrogen (secondary N) is 1. The third kappa shape index (κ3) is 2.51. The van der Waals surface area contributed by atoms with Crippen LogP contribution in [-0.4, -0.2) is 10.9 Å². The number of nitrogens with zero attached hydrogens (tertiary/aromatic N) is 1. The first-order valence-corrected chi connectivity index (χ1v) is 7.05. The molecular formula is C14H13FN2OS. The Morgan fingerprint density at radius 2 is 2.26 bits per heavy atom. The smallest absolute Gasteiger partial charge is 0.260 e. The number of hydrogen-bond acceptors (Lipinski definition) is 3. The van der Waals surface area contributed by atoms with Crippen molar-refractivity contribution in [3.8, 4) is 0 Å². The maximum Gasteiger partial charge on any atom is 0.260 e. The predicted octanol–water partition coefficient (Wildman–Crippen LogP) is 3.72. The molecule has 0 aliphatic heterocycles. The van der Waals surface area contributed by atoms with E-state index < -0.39 is 11.7 Å². The van der Waals surface area contributed by atoms with Crippen molar-refractivity contribution in [1.29, 1.82) is 0 Å². The number of amides is 1. The molecule has 3 nitrogen and oxygen atoms in total. The Bertz CT molecular complexity index is 634. The minimum absolute atomic E-state index is 0.0585. The molecular weight excluding hydrogens is 263 g/mol. The van der Waals surface area contributed by atoms with Crippen LogP contribution in [0.1, 0.15) is 40.4 Å². The first kappa shape index (κ1) is 12.3. The monoisotopic (exact) mass is 276 g/mol. The molecule has 3 rings (SSSR count). The predicted molar refractivity (Wildman–Crippen MR) is 73.2 cm³/mol. The first-order valence-electron chi connectivity index (χ1n) is 6.17. The molecule has 5 heteroatoms. The molecule has 98 valence electrons. The maximum absolute atomic E-state index is 13.8. The third-order valence-corrected chi connectivity index (χ3v) is 3.95. The number of carbonyl (C=O) groups excluding carboxylic acids is 1. The lowest BCUT2D eigenvalue weighted by atomic mass is 10.1. The van der Waals surface area contributed by atoms with Crippen LogP contribution in [0.15, 0.2) is 23.6 Å². The largest absolute Gasteiger partial charge is 0.298 e. The van der Waals surface area contributed by atoms with Gasteiger partial charge in [0.2, 0.25) is 0 Å².